The molecule has 2 unspecified atom stereocenters. The Hall–Kier alpha value is -0.770. The molecule has 0 spiro atoms. The third-order valence-electron chi connectivity index (χ3n) is 3.14. The van der Waals surface area contributed by atoms with E-state index in [1.165, 1.54) is 0 Å². The maximum atomic E-state index is 12.0. The highest BCUT2D eigenvalue weighted by Gasteiger charge is 2.36. The molecule has 0 bridgehead atoms. The van der Waals surface area contributed by atoms with Crippen LogP contribution < -0.4 is 5.73 Å². The SMILES string of the molecule is CC(C)C(N)C1CCCN1C(=O)OC(C)(C)C. The van der Waals surface area contributed by atoms with Gasteiger partial charge in [0.05, 0.1) is 6.04 Å². The topological polar surface area (TPSA) is 55.6 Å². The summed E-state index contributed by atoms with van der Waals surface area (Å²) in [6.45, 7) is 10.6. The molecule has 17 heavy (non-hydrogen) atoms. The van der Waals surface area contributed by atoms with Crippen molar-refractivity contribution in [2.45, 2.75) is 65.1 Å². The van der Waals surface area contributed by atoms with Crippen LogP contribution in [0.25, 0.3) is 0 Å². The minimum absolute atomic E-state index is 0.0324. The summed E-state index contributed by atoms with van der Waals surface area (Å²) in [6.07, 6.45) is 1.78. The summed E-state index contributed by atoms with van der Waals surface area (Å²) in [4.78, 5) is 13.8. The molecule has 1 saturated heterocycles. The summed E-state index contributed by atoms with van der Waals surface area (Å²) in [6, 6.07) is 0.162. The lowest BCUT2D eigenvalue weighted by Gasteiger charge is -2.33. The first-order valence-electron chi connectivity index (χ1n) is 6.47. The monoisotopic (exact) mass is 242 g/mol. The van der Waals surface area contributed by atoms with Crippen LogP contribution in [-0.4, -0.2) is 35.2 Å². The molecule has 1 aliphatic rings. The van der Waals surface area contributed by atoms with Gasteiger partial charge in [-0.25, -0.2) is 4.79 Å². The lowest BCUT2D eigenvalue weighted by Crippen LogP contribution is -2.50. The van der Waals surface area contributed by atoms with Gasteiger partial charge in [-0.05, 0) is 39.5 Å². The maximum Gasteiger partial charge on any atom is 0.410 e. The molecule has 0 aliphatic carbocycles. The standard InChI is InChI=1S/C13H26N2O2/c1-9(2)11(14)10-7-6-8-15(10)12(16)17-13(3,4)5/h9-11H,6-8,14H2,1-5H3. The highest BCUT2D eigenvalue weighted by Crippen LogP contribution is 2.24. The Bertz CT molecular complexity index is 271. The van der Waals surface area contributed by atoms with Gasteiger partial charge in [-0.2, -0.15) is 0 Å². The van der Waals surface area contributed by atoms with Crippen LogP contribution in [0.3, 0.4) is 0 Å². The summed E-state index contributed by atoms with van der Waals surface area (Å²) in [5.41, 5.74) is 5.73. The van der Waals surface area contributed by atoms with Crippen LogP contribution in [0.1, 0.15) is 47.5 Å². The van der Waals surface area contributed by atoms with Crippen molar-refractivity contribution in [1.82, 2.24) is 4.90 Å². The molecule has 0 aromatic heterocycles. The molecule has 0 saturated carbocycles. The maximum absolute atomic E-state index is 12.0. The summed E-state index contributed by atoms with van der Waals surface area (Å²) in [7, 11) is 0. The van der Waals surface area contributed by atoms with E-state index in [2.05, 4.69) is 13.8 Å². The molecular weight excluding hydrogens is 216 g/mol. The van der Waals surface area contributed by atoms with Crippen LogP contribution in [0.2, 0.25) is 0 Å². The van der Waals surface area contributed by atoms with E-state index in [-0.39, 0.29) is 18.2 Å². The van der Waals surface area contributed by atoms with Gasteiger partial charge in [-0.15, -0.1) is 0 Å². The molecule has 1 rings (SSSR count). The molecular formula is C13H26N2O2. The summed E-state index contributed by atoms with van der Waals surface area (Å²) in [5.74, 6) is 0.378. The largest absolute Gasteiger partial charge is 0.444 e. The molecule has 0 aromatic rings. The van der Waals surface area contributed by atoms with Crippen molar-refractivity contribution in [3.63, 3.8) is 0 Å². The van der Waals surface area contributed by atoms with Crippen LogP contribution in [0.5, 0.6) is 0 Å². The van der Waals surface area contributed by atoms with Crippen LogP contribution in [0.15, 0.2) is 0 Å². The Kier molecular flexibility index (Phi) is 4.42. The minimum atomic E-state index is -0.438. The zero-order valence-corrected chi connectivity index (χ0v) is 11.7. The first kappa shape index (κ1) is 14.3. The summed E-state index contributed by atoms with van der Waals surface area (Å²) in [5, 5.41) is 0. The lowest BCUT2D eigenvalue weighted by atomic mass is 9.96. The van der Waals surface area contributed by atoms with E-state index in [9.17, 15) is 4.79 Å². The summed E-state index contributed by atoms with van der Waals surface area (Å²) >= 11 is 0. The van der Waals surface area contributed by atoms with Gasteiger partial charge in [0.15, 0.2) is 0 Å². The molecule has 0 radical (unpaired) electrons. The van der Waals surface area contributed by atoms with Gasteiger partial charge in [0.1, 0.15) is 5.60 Å². The average molecular weight is 242 g/mol. The second kappa shape index (κ2) is 5.25. The van der Waals surface area contributed by atoms with E-state index in [0.717, 1.165) is 19.4 Å². The molecule has 0 aromatic carbocycles. The third kappa shape index (κ3) is 3.87. The first-order chi connectivity index (χ1) is 7.72. The number of nitrogens with zero attached hydrogens (tertiary/aromatic N) is 1. The van der Waals surface area contributed by atoms with Crippen molar-refractivity contribution < 1.29 is 9.53 Å². The van der Waals surface area contributed by atoms with Gasteiger partial charge < -0.3 is 15.4 Å². The fourth-order valence-electron chi connectivity index (χ4n) is 2.18. The molecule has 1 heterocycles. The van der Waals surface area contributed by atoms with Gasteiger partial charge in [0, 0.05) is 12.6 Å². The van der Waals surface area contributed by atoms with Crippen molar-refractivity contribution in [3.05, 3.63) is 0 Å². The predicted molar refractivity (Wildman–Crippen MR) is 68.8 cm³/mol. The second-order valence-corrected chi connectivity index (χ2v) is 6.20. The number of carbonyl (C=O) groups is 1. The molecule has 4 nitrogen and oxygen atoms in total. The molecule has 1 aliphatic heterocycles. The Labute approximate surface area is 104 Å². The van der Waals surface area contributed by atoms with Crippen LogP contribution >= 0.6 is 0 Å². The first-order valence-corrected chi connectivity index (χ1v) is 6.47. The van der Waals surface area contributed by atoms with Crippen LogP contribution in [-0.2, 0) is 4.74 Å². The Morgan fingerprint density at radius 2 is 2.00 bits per heavy atom. The third-order valence-corrected chi connectivity index (χ3v) is 3.14. The molecule has 1 amide bonds. The normalized spacial score (nSPS) is 23.0. The molecule has 2 N–H and O–H groups in total. The van der Waals surface area contributed by atoms with Gasteiger partial charge in [0.25, 0.3) is 0 Å². The van der Waals surface area contributed by atoms with Gasteiger partial charge in [-0.3, -0.25) is 0 Å². The van der Waals surface area contributed by atoms with E-state index < -0.39 is 5.60 Å². The predicted octanol–water partition coefficient (Wildman–Crippen LogP) is 2.37. The number of likely N-dealkylation sites (tertiary alicyclic amines) is 1. The number of nitrogens with two attached hydrogens (primary N) is 1. The smallest absolute Gasteiger partial charge is 0.410 e. The van der Waals surface area contributed by atoms with Crippen molar-refractivity contribution in [1.29, 1.82) is 0 Å². The van der Waals surface area contributed by atoms with E-state index >= 15 is 0 Å². The van der Waals surface area contributed by atoms with Crippen LogP contribution in [0, 0.1) is 5.92 Å². The van der Waals surface area contributed by atoms with E-state index in [0.29, 0.717) is 5.92 Å². The minimum Gasteiger partial charge on any atom is -0.444 e. The van der Waals surface area contributed by atoms with Gasteiger partial charge >= 0.3 is 6.09 Å². The van der Waals surface area contributed by atoms with Crippen molar-refractivity contribution in [2.75, 3.05) is 6.54 Å². The highest BCUT2D eigenvalue weighted by molar-refractivity contribution is 5.69. The zero-order valence-electron chi connectivity index (χ0n) is 11.7. The number of rotatable bonds is 2. The van der Waals surface area contributed by atoms with Gasteiger partial charge in [0.2, 0.25) is 0 Å². The fraction of sp³-hybridized carbons (Fsp3) is 0.923. The van der Waals surface area contributed by atoms with Gasteiger partial charge in [-0.1, -0.05) is 13.8 Å². The average Bonchev–Trinajstić information content (AvgIpc) is 2.61. The second-order valence-electron chi connectivity index (χ2n) is 6.20. The van der Waals surface area contributed by atoms with E-state index in [4.69, 9.17) is 10.5 Å². The number of hydrogen-bond donors (Lipinski definition) is 1. The zero-order chi connectivity index (χ0) is 13.2. The van der Waals surface area contributed by atoms with Crippen molar-refractivity contribution in [2.24, 2.45) is 11.7 Å². The summed E-state index contributed by atoms with van der Waals surface area (Å²) < 4.78 is 5.41. The fourth-order valence-corrected chi connectivity index (χ4v) is 2.18. The Morgan fingerprint density at radius 3 is 2.47 bits per heavy atom. The lowest BCUT2D eigenvalue weighted by molar-refractivity contribution is 0.0194. The number of ether oxygens (including phenoxy) is 1. The number of amides is 1. The van der Waals surface area contributed by atoms with E-state index in [1.807, 2.05) is 20.8 Å². The van der Waals surface area contributed by atoms with Crippen molar-refractivity contribution in [3.8, 4) is 0 Å². The molecule has 100 valence electrons. The molecule has 4 heteroatoms. The Morgan fingerprint density at radius 1 is 1.41 bits per heavy atom. The molecule has 1 fully saturated rings. The van der Waals surface area contributed by atoms with Crippen LogP contribution in [0.4, 0.5) is 4.79 Å². The number of carbonyl (C=O) groups excluding carboxylic acids is 1. The highest BCUT2D eigenvalue weighted by atomic mass is 16.6. The molecule has 2 atom stereocenters. The quantitative estimate of drug-likeness (QED) is 0.808. The van der Waals surface area contributed by atoms with E-state index in [1.54, 1.807) is 4.90 Å². The number of hydrogen-bond acceptors (Lipinski definition) is 3. The Balaban J connectivity index is 2.66. The van der Waals surface area contributed by atoms with Crippen molar-refractivity contribution >= 4 is 6.09 Å².